The maximum Gasteiger partial charge on any atom is 0.191 e. The van der Waals surface area contributed by atoms with Gasteiger partial charge in [-0.2, -0.15) is 0 Å². The van der Waals surface area contributed by atoms with Crippen LogP contribution in [0, 0.1) is 12.7 Å². The molecule has 0 amide bonds. The number of ether oxygens (including phenoxy) is 1. The lowest BCUT2D eigenvalue weighted by atomic mass is 10.0. The molecule has 5 heteroatoms. The maximum atomic E-state index is 13.3. The van der Waals surface area contributed by atoms with E-state index in [1.165, 1.54) is 6.07 Å². The van der Waals surface area contributed by atoms with Crippen LogP contribution in [0.15, 0.2) is 23.2 Å². The number of hydrogen-bond acceptors (Lipinski definition) is 2. The van der Waals surface area contributed by atoms with Gasteiger partial charge in [0, 0.05) is 19.7 Å². The van der Waals surface area contributed by atoms with Crippen molar-refractivity contribution in [1.82, 2.24) is 10.6 Å². The predicted molar refractivity (Wildman–Crippen MR) is 87.5 cm³/mol. The lowest BCUT2D eigenvalue weighted by molar-refractivity contribution is 0.0243. The third kappa shape index (κ3) is 4.70. The maximum absolute atomic E-state index is 13.3. The minimum Gasteiger partial charge on any atom is -0.373 e. The number of nitrogens with zero attached hydrogens (tertiary/aromatic N) is 1. The molecule has 1 aromatic carbocycles. The van der Waals surface area contributed by atoms with Crippen molar-refractivity contribution in [2.75, 3.05) is 19.7 Å². The van der Waals surface area contributed by atoms with E-state index in [4.69, 9.17) is 4.74 Å². The second-order valence-electron chi connectivity index (χ2n) is 6.03. The Bertz CT molecular complexity index is 525. The van der Waals surface area contributed by atoms with Crippen molar-refractivity contribution in [3.8, 4) is 0 Å². The zero-order chi connectivity index (χ0) is 16.0. The average molecular weight is 307 g/mol. The largest absolute Gasteiger partial charge is 0.373 e. The second kappa shape index (κ2) is 7.58. The molecule has 1 fully saturated rings. The third-order valence-electron chi connectivity index (χ3n) is 3.92. The molecular formula is C17H26FN3O. The van der Waals surface area contributed by atoms with Crippen LogP contribution in [-0.2, 0) is 11.3 Å². The summed E-state index contributed by atoms with van der Waals surface area (Å²) in [5.41, 5.74) is 1.54. The van der Waals surface area contributed by atoms with Gasteiger partial charge in [-0.3, -0.25) is 0 Å². The van der Waals surface area contributed by atoms with Crippen molar-refractivity contribution >= 4 is 5.96 Å². The quantitative estimate of drug-likeness (QED) is 0.649. The number of aliphatic imine (C=N–C) groups is 1. The molecule has 1 aromatic rings. The minimum absolute atomic E-state index is 0.108. The van der Waals surface area contributed by atoms with Gasteiger partial charge in [-0.1, -0.05) is 12.1 Å². The lowest BCUT2D eigenvalue weighted by Crippen LogP contribution is -2.45. The molecule has 1 unspecified atom stereocenters. The number of benzene rings is 1. The summed E-state index contributed by atoms with van der Waals surface area (Å²) in [6.45, 7) is 8.82. The minimum atomic E-state index is -0.177. The van der Waals surface area contributed by atoms with Crippen molar-refractivity contribution in [2.24, 2.45) is 4.99 Å². The molecular weight excluding hydrogens is 281 g/mol. The van der Waals surface area contributed by atoms with Crippen LogP contribution < -0.4 is 10.6 Å². The van der Waals surface area contributed by atoms with E-state index >= 15 is 0 Å². The van der Waals surface area contributed by atoms with Crippen LogP contribution in [-0.4, -0.2) is 31.3 Å². The first kappa shape index (κ1) is 16.7. The van der Waals surface area contributed by atoms with Crippen LogP contribution in [0.2, 0.25) is 0 Å². The van der Waals surface area contributed by atoms with Crippen LogP contribution >= 0.6 is 0 Å². The molecule has 4 nitrogen and oxygen atoms in total. The van der Waals surface area contributed by atoms with E-state index in [2.05, 4.69) is 22.5 Å². The Labute approximate surface area is 132 Å². The topological polar surface area (TPSA) is 45.7 Å². The number of guanidine groups is 1. The molecule has 2 rings (SSSR count). The molecule has 1 heterocycles. The van der Waals surface area contributed by atoms with Crippen molar-refractivity contribution in [2.45, 2.75) is 45.8 Å². The first-order valence-corrected chi connectivity index (χ1v) is 7.93. The van der Waals surface area contributed by atoms with Crippen molar-refractivity contribution in [3.63, 3.8) is 0 Å². The molecule has 1 saturated heterocycles. The van der Waals surface area contributed by atoms with Crippen molar-refractivity contribution < 1.29 is 9.13 Å². The summed E-state index contributed by atoms with van der Waals surface area (Å²) in [5.74, 6) is 0.588. The molecule has 0 saturated carbocycles. The van der Waals surface area contributed by atoms with Gasteiger partial charge in [0.15, 0.2) is 5.96 Å². The second-order valence-corrected chi connectivity index (χ2v) is 6.03. The van der Waals surface area contributed by atoms with Gasteiger partial charge in [0.2, 0.25) is 0 Å². The van der Waals surface area contributed by atoms with Gasteiger partial charge in [-0.25, -0.2) is 9.38 Å². The highest BCUT2D eigenvalue weighted by molar-refractivity contribution is 5.79. The molecule has 1 atom stereocenters. The number of aryl methyl sites for hydroxylation is 1. The van der Waals surface area contributed by atoms with E-state index in [0.717, 1.165) is 44.1 Å². The van der Waals surface area contributed by atoms with Crippen LogP contribution in [0.1, 0.15) is 37.8 Å². The number of nitrogens with one attached hydrogen (secondary N) is 2. The molecule has 0 radical (unpaired) electrons. The summed E-state index contributed by atoms with van der Waals surface area (Å²) < 4.78 is 19.1. The molecule has 122 valence electrons. The van der Waals surface area contributed by atoms with Gasteiger partial charge < -0.3 is 15.4 Å². The van der Waals surface area contributed by atoms with Gasteiger partial charge in [0.1, 0.15) is 5.82 Å². The summed E-state index contributed by atoms with van der Waals surface area (Å²) in [5, 5.41) is 6.57. The average Bonchev–Trinajstić information content (AvgIpc) is 2.93. The highest BCUT2D eigenvalue weighted by Gasteiger charge is 2.29. The zero-order valence-corrected chi connectivity index (χ0v) is 13.7. The molecule has 0 aromatic heterocycles. The number of hydrogen-bond donors (Lipinski definition) is 2. The predicted octanol–water partition coefficient (Wildman–Crippen LogP) is 2.76. The van der Waals surface area contributed by atoms with Crippen molar-refractivity contribution in [1.29, 1.82) is 0 Å². The Morgan fingerprint density at radius 1 is 1.41 bits per heavy atom. The monoisotopic (exact) mass is 307 g/mol. The van der Waals surface area contributed by atoms with Gasteiger partial charge in [0.25, 0.3) is 0 Å². The highest BCUT2D eigenvalue weighted by atomic mass is 19.1. The Kier molecular flexibility index (Phi) is 5.77. The SMILES string of the molecule is CCNC(=NCc1ccc(F)c(C)c1)NCC1(C)CCCO1. The molecule has 22 heavy (non-hydrogen) atoms. The van der Waals surface area contributed by atoms with Crippen LogP contribution in [0.3, 0.4) is 0 Å². The summed E-state index contributed by atoms with van der Waals surface area (Å²) in [4.78, 5) is 4.56. The van der Waals surface area contributed by atoms with Crippen LogP contribution in [0.25, 0.3) is 0 Å². The van der Waals surface area contributed by atoms with E-state index in [9.17, 15) is 4.39 Å². The van der Waals surface area contributed by atoms with E-state index in [-0.39, 0.29) is 11.4 Å². The number of rotatable bonds is 5. The summed E-state index contributed by atoms with van der Waals surface area (Å²) in [7, 11) is 0. The van der Waals surface area contributed by atoms with E-state index in [1.807, 2.05) is 13.0 Å². The fourth-order valence-electron chi connectivity index (χ4n) is 2.56. The van der Waals surface area contributed by atoms with Crippen molar-refractivity contribution in [3.05, 3.63) is 35.1 Å². The first-order chi connectivity index (χ1) is 10.5. The summed E-state index contributed by atoms with van der Waals surface area (Å²) in [6.07, 6.45) is 2.18. The van der Waals surface area contributed by atoms with Gasteiger partial charge in [-0.15, -0.1) is 0 Å². The molecule has 0 aliphatic carbocycles. The normalized spacial score (nSPS) is 21.9. The van der Waals surface area contributed by atoms with Crippen LogP contribution in [0.5, 0.6) is 0 Å². The molecule has 1 aliphatic rings. The first-order valence-electron chi connectivity index (χ1n) is 7.93. The Hall–Kier alpha value is -1.62. The van der Waals surface area contributed by atoms with Gasteiger partial charge in [0.05, 0.1) is 12.1 Å². The molecule has 0 spiro atoms. The van der Waals surface area contributed by atoms with Crippen LogP contribution in [0.4, 0.5) is 4.39 Å². The lowest BCUT2D eigenvalue weighted by Gasteiger charge is -2.24. The molecule has 1 aliphatic heterocycles. The zero-order valence-electron chi connectivity index (χ0n) is 13.7. The number of halogens is 1. The van der Waals surface area contributed by atoms with E-state index in [0.29, 0.717) is 12.1 Å². The third-order valence-corrected chi connectivity index (χ3v) is 3.92. The molecule has 2 N–H and O–H groups in total. The fourth-order valence-corrected chi connectivity index (χ4v) is 2.56. The molecule has 0 bridgehead atoms. The smallest absolute Gasteiger partial charge is 0.191 e. The Morgan fingerprint density at radius 3 is 2.86 bits per heavy atom. The van der Waals surface area contributed by atoms with Gasteiger partial charge in [-0.05, 0) is 50.8 Å². The summed E-state index contributed by atoms with van der Waals surface area (Å²) >= 11 is 0. The summed E-state index contributed by atoms with van der Waals surface area (Å²) in [6, 6.07) is 5.11. The Morgan fingerprint density at radius 2 is 2.23 bits per heavy atom. The Balaban J connectivity index is 1.95. The highest BCUT2D eigenvalue weighted by Crippen LogP contribution is 2.23. The van der Waals surface area contributed by atoms with Gasteiger partial charge >= 0.3 is 0 Å². The standard InChI is InChI=1S/C17H26FN3O/c1-4-19-16(21-12-17(3)8-5-9-22-17)20-11-14-6-7-15(18)13(2)10-14/h6-7,10H,4-5,8-9,11-12H2,1-3H3,(H2,19,20,21). The van der Waals surface area contributed by atoms with E-state index < -0.39 is 0 Å². The van der Waals surface area contributed by atoms with E-state index in [1.54, 1.807) is 13.0 Å². The fraction of sp³-hybridized carbons (Fsp3) is 0.588.